The average Bonchev–Trinajstić information content (AvgIpc) is 3.08. The van der Waals surface area contributed by atoms with Gasteiger partial charge in [0.05, 0.1) is 25.6 Å². The summed E-state index contributed by atoms with van der Waals surface area (Å²) in [6.45, 7) is 0. The second-order valence-electron chi connectivity index (χ2n) is 7.20. The average molecular weight is 599 g/mol. The fourth-order valence-corrected chi connectivity index (χ4v) is 4.95. The molecule has 0 aliphatic carbocycles. The maximum Gasteiger partial charge on any atom is 0.416 e. The van der Waals surface area contributed by atoms with Crippen LogP contribution in [0.15, 0.2) is 70.0 Å². The molecule has 3 aromatic rings. The van der Waals surface area contributed by atoms with Crippen molar-refractivity contribution in [3.63, 3.8) is 0 Å². The maximum atomic E-state index is 14.2. The SMILES string of the molecule is O=C1/C(=C/c2ccc(Oc3ccc(C(F)(F)F)cc3[N+](=O)[O-])c(Br)c2)SC(=S)N1c1ccccc1F. The molecule has 1 aliphatic heterocycles. The van der Waals surface area contributed by atoms with Crippen LogP contribution in [0.25, 0.3) is 6.08 Å². The first kappa shape index (κ1) is 25.8. The van der Waals surface area contributed by atoms with Gasteiger partial charge in [0.2, 0.25) is 5.75 Å². The number of rotatable bonds is 5. The number of nitro groups is 1. The van der Waals surface area contributed by atoms with Crippen molar-refractivity contribution < 1.29 is 32.0 Å². The smallest absolute Gasteiger partial charge is 0.416 e. The van der Waals surface area contributed by atoms with E-state index in [1.165, 1.54) is 36.4 Å². The van der Waals surface area contributed by atoms with Gasteiger partial charge in [0, 0.05) is 6.07 Å². The number of nitrogens with zero attached hydrogens (tertiary/aromatic N) is 2. The first-order valence-electron chi connectivity index (χ1n) is 9.81. The molecule has 3 aromatic carbocycles. The molecule has 0 N–H and O–H groups in total. The molecule has 0 radical (unpaired) electrons. The van der Waals surface area contributed by atoms with E-state index >= 15 is 0 Å². The molecule has 0 spiro atoms. The minimum Gasteiger partial charge on any atom is -0.449 e. The zero-order valence-corrected chi connectivity index (χ0v) is 20.8. The van der Waals surface area contributed by atoms with Gasteiger partial charge in [-0.05, 0) is 64.0 Å². The van der Waals surface area contributed by atoms with Crippen LogP contribution in [0.3, 0.4) is 0 Å². The molecular formula is C23H11BrF4N2O4S2. The summed E-state index contributed by atoms with van der Waals surface area (Å²) in [6.07, 6.45) is -3.23. The molecule has 184 valence electrons. The first-order valence-corrected chi connectivity index (χ1v) is 11.8. The van der Waals surface area contributed by atoms with E-state index in [0.717, 1.165) is 22.7 Å². The zero-order chi connectivity index (χ0) is 26.2. The van der Waals surface area contributed by atoms with Crippen molar-refractivity contribution in [2.45, 2.75) is 6.18 Å². The van der Waals surface area contributed by atoms with Crippen LogP contribution in [0.5, 0.6) is 11.5 Å². The quantitative estimate of drug-likeness (QED) is 0.0984. The topological polar surface area (TPSA) is 72.7 Å². The Bertz CT molecular complexity index is 1450. The Morgan fingerprint density at radius 1 is 1.08 bits per heavy atom. The molecule has 1 heterocycles. The summed E-state index contributed by atoms with van der Waals surface area (Å²) in [5.41, 5.74) is -1.47. The summed E-state index contributed by atoms with van der Waals surface area (Å²) in [6, 6.07) is 12.2. The summed E-state index contributed by atoms with van der Waals surface area (Å²) in [7, 11) is 0. The lowest BCUT2D eigenvalue weighted by atomic mass is 10.1. The van der Waals surface area contributed by atoms with Crippen LogP contribution in [0.1, 0.15) is 11.1 Å². The number of carbonyl (C=O) groups is 1. The van der Waals surface area contributed by atoms with E-state index in [9.17, 15) is 32.5 Å². The van der Waals surface area contributed by atoms with Gasteiger partial charge >= 0.3 is 11.9 Å². The van der Waals surface area contributed by atoms with Crippen LogP contribution in [0.4, 0.5) is 28.9 Å². The number of nitro benzene ring substituents is 1. The van der Waals surface area contributed by atoms with Crippen LogP contribution in [-0.2, 0) is 11.0 Å². The Labute approximate surface area is 218 Å². The number of hydrogen-bond acceptors (Lipinski definition) is 6. The van der Waals surface area contributed by atoms with Crippen molar-refractivity contribution in [1.29, 1.82) is 0 Å². The number of halogens is 5. The van der Waals surface area contributed by atoms with Gasteiger partial charge in [-0.25, -0.2) is 4.39 Å². The molecule has 0 saturated carbocycles. The molecule has 1 aliphatic rings. The highest BCUT2D eigenvalue weighted by Crippen LogP contribution is 2.41. The molecule has 0 atom stereocenters. The van der Waals surface area contributed by atoms with Gasteiger partial charge in [0.1, 0.15) is 11.6 Å². The predicted octanol–water partition coefficient (Wildman–Crippen LogP) is 7.71. The number of benzene rings is 3. The third-order valence-corrected chi connectivity index (χ3v) is 6.77. The minimum atomic E-state index is -4.75. The molecule has 36 heavy (non-hydrogen) atoms. The van der Waals surface area contributed by atoms with Crippen molar-refractivity contribution in [1.82, 2.24) is 0 Å². The van der Waals surface area contributed by atoms with Crippen LogP contribution >= 0.6 is 39.9 Å². The van der Waals surface area contributed by atoms with Crippen molar-refractivity contribution >= 4 is 67.6 Å². The van der Waals surface area contributed by atoms with Crippen LogP contribution < -0.4 is 9.64 Å². The lowest BCUT2D eigenvalue weighted by Gasteiger charge is -2.14. The first-order chi connectivity index (χ1) is 17.0. The molecule has 4 rings (SSSR count). The Hall–Kier alpha value is -3.29. The Balaban J connectivity index is 1.59. The minimum absolute atomic E-state index is 0.0338. The number of thiocarbonyl (C=S) groups is 1. The van der Waals surface area contributed by atoms with Crippen LogP contribution in [0, 0.1) is 15.9 Å². The summed E-state index contributed by atoms with van der Waals surface area (Å²) in [5.74, 6) is -1.40. The van der Waals surface area contributed by atoms with Gasteiger partial charge in [0.15, 0.2) is 4.32 Å². The molecule has 13 heteroatoms. The summed E-state index contributed by atoms with van der Waals surface area (Å²) < 4.78 is 58.9. The Kier molecular flexibility index (Phi) is 7.16. The number of carbonyl (C=O) groups excluding carboxylic acids is 1. The van der Waals surface area contributed by atoms with Gasteiger partial charge in [-0.2, -0.15) is 13.2 Å². The third-order valence-electron chi connectivity index (χ3n) is 4.84. The van der Waals surface area contributed by atoms with E-state index < -0.39 is 34.1 Å². The molecule has 1 saturated heterocycles. The molecule has 0 aromatic heterocycles. The standard InChI is InChI=1S/C23H11BrF4N2O4S2/c24-14-9-12(10-20-21(31)29(22(35)36-20)16-4-2-1-3-15(16)25)5-7-18(14)34-19-8-6-13(23(26,27)28)11-17(19)30(32)33/h1-11H/b20-10-. The van der Waals surface area contributed by atoms with Crippen molar-refractivity contribution in [2.24, 2.45) is 0 Å². The van der Waals surface area contributed by atoms with Crippen molar-refractivity contribution in [3.05, 3.63) is 97.1 Å². The monoisotopic (exact) mass is 598 g/mol. The highest BCUT2D eigenvalue weighted by atomic mass is 79.9. The van der Waals surface area contributed by atoms with E-state index in [2.05, 4.69) is 15.9 Å². The summed E-state index contributed by atoms with van der Waals surface area (Å²) in [5, 5.41) is 11.3. The van der Waals surface area contributed by atoms with Gasteiger partial charge in [-0.15, -0.1) is 0 Å². The van der Waals surface area contributed by atoms with Gasteiger partial charge in [-0.1, -0.05) is 42.2 Å². The molecular weight excluding hydrogens is 588 g/mol. The van der Waals surface area contributed by atoms with E-state index in [0.29, 0.717) is 22.2 Å². The maximum absolute atomic E-state index is 14.2. The lowest BCUT2D eigenvalue weighted by Crippen LogP contribution is -2.28. The largest absolute Gasteiger partial charge is 0.449 e. The molecule has 1 amide bonds. The van der Waals surface area contributed by atoms with E-state index in [4.69, 9.17) is 17.0 Å². The number of thioether (sulfide) groups is 1. The fourth-order valence-electron chi connectivity index (χ4n) is 3.19. The molecule has 0 bridgehead atoms. The Morgan fingerprint density at radius 2 is 1.78 bits per heavy atom. The van der Waals surface area contributed by atoms with E-state index in [1.807, 2.05) is 0 Å². The molecule has 0 unspecified atom stereocenters. The summed E-state index contributed by atoms with van der Waals surface area (Å²) >= 11 is 9.50. The van der Waals surface area contributed by atoms with Crippen molar-refractivity contribution in [3.8, 4) is 11.5 Å². The summed E-state index contributed by atoms with van der Waals surface area (Å²) in [4.78, 5) is 24.5. The fraction of sp³-hybridized carbons (Fsp3) is 0.0435. The third kappa shape index (κ3) is 5.27. The van der Waals surface area contributed by atoms with E-state index in [1.54, 1.807) is 12.1 Å². The van der Waals surface area contributed by atoms with E-state index in [-0.39, 0.29) is 26.4 Å². The number of ether oxygens (including phenoxy) is 1. The number of alkyl halides is 3. The lowest BCUT2D eigenvalue weighted by molar-refractivity contribution is -0.385. The number of para-hydroxylation sites is 1. The second kappa shape index (κ2) is 9.99. The van der Waals surface area contributed by atoms with Gasteiger partial charge in [-0.3, -0.25) is 19.8 Å². The predicted molar refractivity (Wildman–Crippen MR) is 134 cm³/mol. The van der Waals surface area contributed by atoms with Crippen LogP contribution in [-0.4, -0.2) is 15.2 Å². The molecule has 1 fully saturated rings. The number of anilines is 1. The molecule has 6 nitrogen and oxygen atoms in total. The zero-order valence-electron chi connectivity index (χ0n) is 17.6. The van der Waals surface area contributed by atoms with Gasteiger partial charge in [0.25, 0.3) is 5.91 Å². The number of hydrogen-bond donors (Lipinski definition) is 0. The second-order valence-corrected chi connectivity index (χ2v) is 9.73. The van der Waals surface area contributed by atoms with Crippen LogP contribution in [0.2, 0.25) is 0 Å². The number of amides is 1. The highest BCUT2D eigenvalue weighted by molar-refractivity contribution is 9.10. The normalized spacial score (nSPS) is 15.0. The highest BCUT2D eigenvalue weighted by Gasteiger charge is 2.35. The van der Waals surface area contributed by atoms with Gasteiger partial charge < -0.3 is 4.74 Å². The Morgan fingerprint density at radius 3 is 2.42 bits per heavy atom. The van der Waals surface area contributed by atoms with Crippen molar-refractivity contribution in [2.75, 3.05) is 4.90 Å².